The topological polar surface area (TPSA) is 64.6 Å². The summed E-state index contributed by atoms with van der Waals surface area (Å²) < 4.78 is 40.6. The maximum atomic E-state index is 6.02. The Morgan fingerprint density at radius 1 is 0.833 bits per heavy atom. The predicted molar refractivity (Wildman–Crippen MR) is 123 cm³/mol. The van der Waals surface area contributed by atoms with Gasteiger partial charge in [0.15, 0.2) is 11.7 Å². The van der Waals surface area contributed by atoms with Crippen LogP contribution in [-0.4, -0.2) is 64.6 Å². The number of hydrogen-bond acceptors (Lipinski definition) is 7. The third-order valence-corrected chi connectivity index (χ3v) is 8.72. The molecule has 0 heterocycles. The summed E-state index contributed by atoms with van der Waals surface area (Å²) >= 11 is 0. The number of rotatable bonds is 18. The summed E-state index contributed by atoms with van der Waals surface area (Å²) in [5.74, 6) is 1.21. The summed E-state index contributed by atoms with van der Waals surface area (Å²) in [7, 11) is -2.00. The van der Waals surface area contributed by atoms with E-state index in [0.29, 0.717) is 33.0 Å². The minimum atomic E-state index is -2.60. The van der Waals surface area contributed by atoms with Gasteiger partial charge in [0, 0.05) is 39.1 Å². The van der Waals surface area contributed by atoms with Crippen molar-refractivity contribution in [1.82, 2.24) is 0 Å². The van der Waals surface area contributed by atoms with Crippen LogP contribution in [0.15, 0.2) is 18.2 Å². The van der Waals surface area contributed by atoms with E-state index in [1.54, 1.807) is 7.11 Å². The summed E-state index contributed by atoms with van der Waals surface area (Å²) in [6.45, 7) is 12.9. The molecule has 0 N–H and O–H groups in total. The van der Waals surface area contributed by atoms with Gasteiger partial charge >= 0.3 is 8.80 Å². The van der Waals surface area contributed by atoms with E-state index in [2.05, 4.69) is 6.07 Å². The zero-order valence-electron chi connectivity index (χ0n) is 19.5. The van der Waals surface area contributed by atoms with Gasteiger partial charge < -0.3 is 31.9 Å². The predicted octanol–water partition coefficient (Wildman–Crippen LogP) is 3.50. The van der Waals surface area contributed by atoms with Crippen molar-refractivity contribution >= 4 is 18.6 Å². The zero-order chi connectivity index (χ0) is 22.2. The minimum Gasteiger partial charge on any atom is -0.541 e. The van der Waals surface area contributed by atoms with E-state index in [0.717, 1.165) is 30.4 Å². The summed E-state index contributed by atoms with van der Waals surface area (Å²) in [6, 6.07) is 6.87. The van der Waals surface area contributed by atoms with E-state index in [-0.39, 0.29) is 5.91 Å². The van der Waals surface area contributed by atoms with Crippen molar-refractivity contribution in [2.45, 2.75) is 59.4 Å². The van der Waals surface area contributed by atoms with Crippen LogP contribution in [0.25, 0.3) is 0 Å². The molecular formula is C21H40O7Si2. The van der Waals surface area contributed by atoms with Gasteiger partial charge in [0.2, 0.25) is 0 Å². The molecule has 0 saturated carbocycles. The molecule has 1 rings (SSSR count). The molecule has 0 aliphatic carbocycles. The minimum absolute atomic E-state index is 0.252. The molecule has 0 aliphatic rings. The lowest BCUT2D eigenvalue weighted by Crippen LogP contribution is -2.46. The van der Waals surface area contributed by atoms with Gasteiger partial charge in [0.1, 0.15) is 5.75 Å². The molecule has 174 valence electrons. The third kappa shape index (κ3) is 9.46. The molecule has 1 aromatic rings. The lowest BCUT2D eigenvalue weighted by molar-refractivity contribution is -0.0871. The van der Waals surface area contributed by atoms with Gasteiger partial charge in [-0.3, -0.25) is 0 Å². The van der Waals surface area contributed by atoms with Crippen molar-refractivity contribution in [2.75, 3.05) is 40.1 Å². The quantitative estimate of drug-likeness (QED) is 0.245. The van der Waals surface area contributed by atoms with Crippen LogP contribution in [-0.2, 0) is 29.2 Å². The second kappa shape index (κ2) is 15.8. The lowest BCUT2D eigenvalue weighted by atomic mass is 10.1. The molecule has 0 bridgehead atoms. The standard InChI is InChI=1S/C21H40O7Si2/c1-7-23-21(24-8-2)29-28-19-15-14-18(17-20(19)22-6)13-12-16-30(25-9-3,26-10-4)27-11-5/h14-15,17,21H,7-13,16,29H2,1-6H3. The Morgan fingerprint density at radius 3 is 1.93 bits per heavy atom. The first-order valence-electron chi connectivity index (χ1n) is 11.0. The molecular weight excluding hydrogens is 420 g/mol. The maximum Gasteiger partial charge on any atom is 0.500 e. The fourth-order valence-corrected chi connectivity index (χ4v) is 7.00. The Hall–Kier alpha value is -0.946. The van der Waals surface area contributed by atoms with Crippen LogP contribution >= 0.6 is 0 Å². The van der Waals surface area contributed by atoms with Crippen molar-refractivity contribution < 1.29 is 31.9 Å². The average Bonchev–Trinajstić information content (AvgIpc) is 2.73. The Bertz CT molecular complexity index is 551. The van der Waals surface area contributed by atoms with Crippen molar-refractivity contribution in [3.63, 3.8) is 0 Å². The third-order valence-electron chi connectivity index (χ3n) is 4.35. The van der Waals surface area contributed by atoms with E-state index >= 15 is 0 Å². The molecule has 0 amide bonds. The van der Waals surface area contributed by atoms with Crippen LogP contribution < -0.4 is 9.16 Å². The van der Waals surface area contributed by atoms with E-state index in [4.69, 9.17) is 31.9 Å². The molecule has 7 nitrogen and oxygen atoms in total. The van der Waals surface area contributed by atoms with Gasteiger partial charge in [-0.2, -0.15) is 0 Å². The van der Waals surface area contributed by atoms with Crippen molar-refractivity contribution in [3.05, 3.63) is 23.8 Å². The molecule has 1 aromatic carbocycles. The molecule has 9 heteroatoms. The number of methoxy groups -OCH3 is 1. The Labute approximate surface area is 185 Å². The summed E-state index contributed by atoms with van der Waals surface area (Å²) in [6.07, 6.45) is 1.80. The zero-order valence-corrected chi connectivity index (χ0v) is 21.9. The van der Waals surface area contributed by atoms with Crippen LogP contribution in [0.3, 0.4) is 0 Å². The number of benzene rings is 1. The van der Waals surface area contributed by atoms with Gasteiger partial charge in [-0.25, -0.2) is 0 Å². The van der Waals surface area contributed by atoms with Crippen LogP contribution in [0.4, 0.5) is 0 Å². The highest BCUT2D eigenvalue weighted by Crippen LogP contribution is 2.29. The van der Waals surface area contributed by atoms with Crippen LogP contribution in [0.2, 0.25) is 6.04 Å². The SMILES string of the molecule is CCOC(OCC)[SiH2]Oc1ccc(CCC[Si](OCC)(OCC)OCC)cc1OC. The molecule has 0 aromatic heterocycles. The molecule has 0 atom stereocenters. The maximum absolute atomic E-state index is 6.02. The van der Waals surface area contributed by atoms with Gasteiger partial charge in [0.25, 0.3) is 9.76 Å². The molecule has 30 heavy (non-hydrogen) atoms. The Morgan fingerprint density at radius 2 is 1.43 bits per heavy atom. The largest absolute Gasteiger partial charge is 0.541 e. The Balaban J connectivity index is 2.71. The molecule has 0 fully saturated rings. The van der Waals surface area contributed by atoms with Crippen molar-refractivity contribution in [2.24, 2.45) is 0 Å². The molecule has 0 spiro atoms. The number of hydrogen-bond donors (Lipinski definition) is 0. The summed E-state index contributed by atoms with van der Waals surface area (Å²) in [5, 5.41) is 0. The van der Waals surface area contributed by atoms with E-state index in [1.807, 2.05) is 46.8 Å². The summed E-state index contributed by atoms with van der Waals surface area (Å²) in [5.41, 5.74) is 1.18. The highest BCUT2D eigenvalue weighted by atomic mass is 28.4. The molecule has 0 aliphatic heterocycles. The van der Waals surface area contributed by atoms with E-state index < -0.39 is 18.6 Å². The van der Waals surface area contributed by atoms with Crippen molar-refractivity contribution in [1.29, 1.82) is 0 Å². The van der Waals surface area contributed by atoms with Gasteiger partial charge in [-0.1, -0.05) is 6.07 Å². The number of ether oxygens (including phenoxy) is 3. The first-order valence-corrected chi connectivity index (χ1v) is 14.3. The van der Waals surface area contributed by atoms with Gasteiger partial charge in [-0.15, -0.1) is 0 Å². The smallest absolute Gasteiger partial charge is 0.500 e. The first kappa shape index (κ1) is 27.1. The normalized spacial score (nSPS) is 12.2. The van der Waals surface area contributed by atoms with Crippen LogP contribution in [0.1, 0.15) is 46.6 Å². The van der Waals surface area contributed by atoms with Crippen LogP contribution in [0.5, 0.6) is 11.5 Å². The monoisotopic (exact) mass is 460 g/mol. The molecule has 0 radical (unpaired) electrons. The van der Waals surface area contributed by atoms with Gasteiger partial charge in [0.05, 0.1) is 7.11 Å². The molecule has 0 saturated heterocycles. The summed E-state index contributed by atoms with van der Waals surface area (Å²) in [4.78, 5) is 0. The first-order chi connectivity index (χ1) is 14.6. The lowest BCUT2D eigenvalue weighted by Gasteiger charge is -2.28. The second-order valence-electron chi connectivity index (χ2n) is 6.47. The fourth-order valence-electron chi connectivity index (χ4n) is 3.17. The highest BCUT2D eigenvalue weighted by molar-refractivity contribution is 6.60. The second-order valence-corrected chi connectivity index (χ2v) is 10.5. The average molecular weight is 461 g/mol. The highest BCUT2D eigenvalue weighted by Gasteiger charge is 2.39. The van der Waals surface area contributed by atoms with E-state index in [9.17, 15) is 0 Å². The van der Waals surface area contributed by atoms with Crippen LogP contribution in [0, 0.1) is 0 Å². The molecule has 0 unspecified atom stereocenters. The number of aryl methyl sites for hydroxylation is 1. The van der Waals surface area contributed by atoms with Crippen molar-refractivity contribution in [3.8, 4) is 11.5 Å². The van der Waals surface area contributed by atoms with E-state index in [1.165, 1.54) is 5.56 Å². The fraction of sp³-hybridized carbons (Fsp3) is 0.714. The van der Waals surface area contributed by atoms with Gasteiger partial charge in [-0.05, 0) is 65.2 Å². The Kier molecular flexibility index (Phi) is 14.3.